The Morgan fingerprint density at radius 2 is 2.25 bits per heavy atom. The maximum atomic E-state index is 5.82. The normalized spacial score (nSPS) is 11.4. The minimum Gasteiger partial charge on any atom is -0.497 e. The van der Waals surface area contributed by atoms with Crippen molar-refractivity contribution in [1.82, 2.24) is 4.98 Å². The average Bonchev–Trinajstić information content (AvgIpc) is 2.76. The molecule has 0 unspecified atom stereocenters. The molecule has 0 atom stereocenters. The van der Waals surface area contributed by atoms with Gasteiger partial charge in [0.25, 0.3) is 0 Å². The van der Waals surface area contributed by atoms with Crippen LogP contribution >= 0.6 is 0 Å². The zero-order chi connectivity index (χ0) is 14.5. The number of aromatic nitrogens is 1. The molecular formula is C14H18N4O2. The van der Waals surface area contributed by atoms with Crippen molar-refractivity contribution in [2.24, 2.45) is 10.7 Å². The summed E-state index contributed by atoms with van der Waals surface area (Å²) in [4.78, 5) is 8.43. The lowest BCUT2D eigenvalue weighted by atomic mass is 10.3. The van der Waals surface area contributed by atoms with Crippen LogP contribution in [0.2, 0.25) is 0 Å². The fraction of sp³-hybridized carbons (Fsp3) is 0.286. The first-order valence-corrected chi connectivity index (χ1v) is 6.22. The van der Waals surface area contributed by atoms with Crippen molar-refractivity contribution in [2.45, 2.75) is 20.4 Å². The Hall–Kier alpha value is -2.50. The van der Waals surface area contributed by atoms with Crippen molar-refractivity contribution in [3.05, 3.63) is 41.6 Å². The maximum Gasteiger partial charge on any atom is 0.216 e. The van der Waals surface area contributed by atoms with E-state index in [0.717, 1.165) is 22.9 Å². The van der Waals surface area contributed by atoms with E-state index in [0.29, 0.717) is 18.4 Å². The van der Waals surface area contributed by atoms with Gasteiger partial charge < -0.3 is 20.2 Å². The van der Waals surface area contributed by atoms with E-state index in [1.54, 1.807) is 7.11 Å². The van der Waals surface area contributed by atoms with Gasteiger partial charge >= 0.3 is 0 Å². The topological polar surface area (TPSA) is 85.7 Å². The first kappa shape index (κ1) is 13.9. The molecule has 1 aromatic carbocycles. The van der Waals surface area contributed by atoms with E-state index < -0.39 is 0 Å². The number of benzene rings is 1. The lowest BCUT2D eigenvalue weighted by Gasteiger charge is -2.06. The lowest BCUT2D eigenvalue weighted by molar-refractivity contribution is 0.415. The predicted octanol–water partition coefficient (Wildman–Crippen LogP) is 2.23. The molecule has 0 spiro atoms. The van der Waals surface area contributed by atoms with Gasteiger partial charge in [0.1, 0.15) is 18.1 Å². The highest BCUT2D eigenvalue weighted by Crippen LogP contribution is 2.16. The van der Waals surface area contributed by atoms with E-state index in [1.165, 1.54) is 0 Å². The molecule has 1 aromatic heterocycles. The van der Waals surface area contributed by atoms with Gasteiger partial charge in [-0.05, 0) is 26.0 Å². The fourth-order valence-electron chi connectivity index (χ4n) is 1.65. The first-order chi connectivity index (χ1) is 9.58. The third-order valence-corrected chi connectivity index (χ3v) is 2.80. The van der Waals surface area contributed by atoms with Gasteiger partial charge in [-0.15, -0.1) is 0 Å². The minimum absolute atomic E-state index is 0.298. The molecule has 2 rings (SSSR count). The summed E-state index contributed by atoms with van der Waals surface area (Å²) in [6.07, 6.45) is 0. The highest BCUT2D eigenvalue weighted by atomic mass is 16.5. The summed E-state index contributed by atoms with van der Waals surface area (Å²) in [6, 6.07) is 7.44. The molecule has 106 valence electrons. The number of anilines is 1. The molecule has 0 saturated carbocycles. The van der Waals surface area contributed by atoms with Gasteiger partial charge in [0, 0.05) is 11.8 Å². The second kappa shape index (κ2) is 6.10. The summed E-state index contributed by atoms with van der Waals surface area (Å²) >= 11 is 0. The molecule has 6 nitrogen and oxygen atoms in total. The van der Waals surface area contributed by atoms with Crippen molar-refractivity contribution in [3.8, 4) is 5.75 Å². The van der Waals surface area contributed by atoms with Gasteiger partial charge in [-0.25, -0.2) is 9.98 Å². The molecule has 1 heterocycles. The number of methoxy groups -OCH3 is 1. The van der Waals surface area contributed by atoms with Gasteiger partial charge in [0.2, 0.25) is 5.89 Å². The summed E-state index contributed by atoms with van der Waals surface area (Å²) in [7, 11) is 1.61. The summed E-state index contributed by atoms with van der Waals surface area (Å²) in [5.74, 6) is 2.40. The number of hydrogen-bond acceptors (Lipinski definition) is 4. The Labute approximate surface area is 117 Å². The number of rotatable bonds is 4. The second-order valence-corrected chi connectivity index (χ2v) is 4.31. The van der Waals surface area contributed by atoms with Crippen molar-refractivity contribution in [1.29, 1.82) is 0 Å². The summed E-state index contributed by atoms with van der Waals surface area (Å²) < 4.78 is 10.6. The lowest BCUT2D eigenvalue weighted by Crippen LogP contribution is -2.22. The third-order valence-electron chi connectivity index (χ3n) is 2.80. The number of nitrogens with two attached hydrogens (primary N) is 1. The molecular weight excluding hydrogens is 256 g/mol. The van der Waals surface area contributed by atoms with Gasteiger partial charge in [0.15, 0.2) is 5.96 Å². The largest absolute Gasteiger partial charge is 0.497 e. The van der Waals surface area contributed by atoms with Crippen LogP contribution in [0.5, 0.6) is 5.75 Å². The first-order valence-electron chi connectivity index (χ1n) is 6.22. The maximum absolute atomic E-state index is 5.82. The van der Waals surface area contributed by atoms with Crippen LogP contribution < -0.4 is 15.8 Å². The standard InChI is InChI=1S/C14H18N4O2/c1-9-10(2)20-13(17-9)8-16-14(15)18-11-5-4-6-12(7-11)19-3/h4-7H,8H2,1-3H3,(H3,15,16,18). The second-order valence-electron chi connectivity index (χ2n) is 4.31. The molecule has 20 heavy (non-hydrogen) atoms. The quantitative estimate of drug-likeness (QED) is 0.659. The van der Waals surface area contributed by atoms with Crippen LogP contribution in [0.25, 0.3) is 0 Å². The number of aliphatic imine (C=N–C) groups is 1. The highest BCUT2D eigenvalue weighted by molar-refractivity contribution is 5.92. The molecule has 0 saturated heterocycles. The molecule has 0 aliphatic heterocycles. The monoisotopic (exact) mass is 274 g/mol. The van der Waals surface area contributed by atoms with Crippen molar-refractivity contribution in [3.63, 3.8) is 0 Å². The van der Waals surface area contributed by atoms with E-state index in [1.807, 2.05) is 38.1 Å². The number of ether oxygens (including phenoxy) is 1. The number of hydrogen-bond donors (Lipinski definition) is 2. The Kier molecular flexibility index (Phi) is 4.24. The molecule has 0 aliphatic carbocycles. The molecule has 6 heteroatoms. The Morgan fingerprint density at radius 1 is 1.45 bits per heavy atom. The van der Waals surface area contributed by atoms with Gasteiger partial charge in [-0.3, -0.25) is 0 Å². The van der Waals surface area contributed by atoms with Crippen LogP contribution in [0, 0.1) is 13.8 Å². The van der Waals surface area contributed by atoms with E-state index in [-0.39, 0.29) is 0 Å². The van der Waals surface area contributed by atoms with Gasteiger partial charge in [0.05, 0.1) is 12.8 Å². The van der Waals surface area contributed by atoms with Crippen LogP contribution in [0.4, 0.5) is 5.69 Å². The number of oxazole rings is 1. The van der Waals surface area contributed by atoms with Crippen molar-refractivity contribution in [2.75, 3.05) is 12.4 Å². The predicted molar refractivity (Wildman–Crippen MR) is 77.9 cm³/mol. The molecule has 3 N–H and O–H groups in total. The average molecular weight is 274 g/mol. The van der Waals surface area contributed by atoms with Crippen molar-refractivity contribution < 1.29 is 9.15 Å². The zero-order valence-corrected chi connectivity index (χ0v) is 11.8. The highest BCUT2D eigenvalue weighted by Gasteiger charge is 2.04. The SMILES string of the molecule is COc1cccc(NC(N)=NCc2nc(C)c(C)o2)c1. The zero-order valence-electron chi connectivity index (χ0n) is 11.8. The molecule has 0 bridgehead atoms. The van der Waals surface area contributed by atoms with Crippen molar-refractivity contribution >= 4 is 11.6 Å². The smallest absolute Gasteiger partial charge is 0.216 e. The summed E-state index contributed by atoms with van der Waals surface area (Å²) in [5.41, 5.74) is 7.50. The third kappa shape index (κ3) is 3.50. The number of guanidine groups is 1. The summed E-state index contributed by atoms with van der Waals surface area (Å²) in [6.45, 7) is 4.06. The number of nitrogens with one attached hydrogen (secondary N) is 1. The van der Waals surface area contributed by atoms with Crippen LogP contribution in [-0.2, 0) is 6.54 Å². The fourth-order valence-corrected chi connectivity index (χ4v) is 1.65. The van der Waals surface area contributed by atoms with Crippen LogP contribution in [0.3, 0.4) is 0 Å². The Bertz CT molecular complexity index is 600. The van der Waals surface area contributed by atoms with E-state index in [4.69, 9.17) is 14.9 Å². The molecule has 2 aromatic rings. The van der Waals surface area contributed by atoms with E-state index in [2.05, 4.69) is 15.3 Å². The summed E-state index contributed by atoms with van der Waals surface area (Å²) in [5, 5.41) is 2.99. The van der Waals surface area contributed by atoms with E-state index in [9.17, 15) is 0 Å². The number of nitrogens with zero attached hydrogens (tertiary/aromatic N) is 2. The number of aryl methyl sites for hydroxylation is 2. The Balaban J connectivity index is 1.99. The van der Waals surface area contributed by atoms with Gasteiger partial charge in [-0.2, -0.15) is 0 Å². The van der Waals surface area contributed by atoms with Gasteiger partial charge in [-0.1, -0.05) is 6.07 Å². The van der Waals surface area contributed by atoms with Crippen LogP contribution in [0.1, 0.15) is 17.3 Å². The molecule has 0 radical (unpaired) electrons. The van der Waals surface area contributed by atoms with E-state index >= 15 is 0 Å². The molecule has 0 aliphatic rings. The Morgan fingerprint density at radius 3 is 2.90 bits per heavy atom. The van der Waals surface area contributed by atoms with Crippen LogP contribution in [-0.4, -0.2) is 18.1 Å². The molecule has 0 amide bonds. The minimum atomic E-state index is 0.298. The molecule has 0 fully saturated rings. The van der Waals surface area contributed by atoms with Crippen LogP contribution in [0.15, 0.2) is 33.7 Å².